The van der Waals surface area contributed by atoms with Gasteiger partial charge in [0.1, 0.15) is 22.0 Å². The molecule has 0 unspecified atom stereocenters. The summed E-state index contributed by atoms with van der Waals surface area (Å²) < 4.78 is 15.8. The van der Waals surface area contributed by atoms with E-state index in [2.05, 4.69) is 20.9 Å². The third kappa shape index (κ3) is 5.04. The Hall–Kier alpha value is -2.46. The minimum absolute atomic E-state index is 0.00469. The molecule has 2 aromatic heterocycles. The van der Waals surface area contributed by atoms with Crippen LogP contribution < -0.4 is 5.73 Å². The third-order valence-corrected chi connectivity index (χ3v) is 4.74. The number of hydrogen-bond acceptors (Lipinski definition) is 9. The van der Waals surface area contributed by atoms with E-state index in [4.69, 9.17) is 19.9 Å². The van der Waals surface area contributed by atoms with Gasteiger partial charge < -0.3 is 19.9 Å². The molecule has 2 aromatic rings. The van der Waals surface area contributed by atoms with Crippen LogP contribution in [-0.2, 0) is 20.8 Å². The number of thiophene rings is 1. The van der Waals surface area contributed by atoms with E-state index < -0.39 is 17.9 Å². The number of esters is 3. The second-order valence-corrected chi connectivity index (χ2v) is 7.03. The molecule has 0 spiro atoms. The summed E-state index contributed by atoms with van der Waals surface area (Å²) in [5.74, 6) is -2.02. The van der Waals surface area contributed by atoms with Crippen LogP contribution in [0, 0.1) is 0 Å². The van der Waals surface area contributed by atoms with Gasteiger partial charge in [-0.1, -0.05) is 0 Å². The lowest BCUT2D eigenvalue weighted by atomic mass is 10.1. The average molecular weight is 457 g/mol. The van der Waals surface area contributed by atoms with Crippen LogP contribution in [0.25, 0.3) is 0 Å². The van der Waals surface area contributed by atoms with Gasteiger partial charge >= 0.3 is 17.9 Å². The van der Waals surface area contributed by atoms with Crippen molar-refractivity contribution in [2.75, 3.05) is 18.9 Å². The normalized spacial score (nSPS) is 10.3. The van der Waals surface area contributed by atoms with E-state index >= 15 is 0 Å². The topological polar surface area (TPSA) is 118 Å². The SMILES string of the molecule is CCOC(=O)c1sc(N)c(C(=O)OCC)c1COC(=O)c1cncc(Br)c1. The smallest absolute Gasteiger partial charge is 0.348 e. The molecule has 2 rings (SSSR count). The lowest BCUT2D eigenvalue weighted by molar-refractivity contribution is 0.0437. The van der Waals surface area contributed by atoms with Crippen molar-refractivity contribution in [2.24, 2.45) is 0 Å². The molecule has 0 saturated heterocycles. The minimum Gasteiger partial charge on any atom is -0.462 e. The Balaban J connectivity index is 2.33. The number of ether oxygens (including phenoxy) is 3. The molecule has 0 bridgehead atoms. The molecule has 0 atom stereocenters. The minimum atomic E-state index is -0.697. The zero-order chi connectivity index (χ0) is 20.0. The summed E-state index contributed by atoms with van der Waals surface area (Å²) in [7, 11) is 0. The summed E-state index contributed by atoms with van der Waals surface area (Å²) in [6.45, 7) is 3.23. The maximum absolute atomic E-state index is 12.2. The number of halogens is 1. The highest BCUT2D eigenvalue weighted by Crippen LogP contribution is 2.33. The number of carbonyl (C=O) groups excluding carboxylic acids is 3. The van der Waals surface area contributed by atoms with Crippen molar-refractivity contribution in [3.05, 3.63) is 44.5 Å². The Labute approximate surface area is 167 Å². The highest BCUT2D eigenvalue weighted by molar-refractivity contribution is 9.10. The van der Waals surface area contributed by atoms with Crippen molar-refractivity contribution in [3.8, 4) is 0 Å². The summed E-state index contributed by atoms with van der Waals surface area (Å²) in [4.78, 5) is 40.7. The maximum atomic E-state index is 12.2. The molecule has 0 fully saturated rings. The highest BCUT2D eigenvalue weighted by Gasteiger charge is 2.28. The van der Waals surface area contributed by atoms with E-state index in [0.29, 0.717) is 4.47 Å². The van der Waals surface area contributed by atoms with Gasteiger partial charge in [0.25, 0.3) is 0 Å². The molecular weight excluding hydrogens is 440 g/mol. The van der Waals surface area contributed by atoms with Gasteiger partial charge in [-0.05, 0) is 35.8 Å². The molecule has 2 heterocycles. The quantitative estimate of drug-likeness (QED) is 0.498. The number of aromatic nitrogens is 1. The molecule has 0 aromatic carbocycles. The van der Waals surface area contributed by atoms with E-state index in [-0.39, 0.29) is 46.4 Å². The van der Waals surface area contributed by atoms with E-state index in [0.717, 1.165) is 11.3 Å². The first-order chi connectivity index (χ1) is 12.9. The van der Waals surface area contributed by atoms with Gasteiger partial charge in [0.2, 0.25) is 0 Å². The van der Waals surface area contributed by atoms with E-state index in [1.807, 2.05) is 0 Å². The fraction of sp³-hybridized carbons (Fsp3) is 0.294. The summed E-state index contributed by atoms with van der Waals surface area (Å²) in [6, 6.07) is 1.54. The number of hydrogen-bond donors (Lipinski definition) is 1. The number of nitrogens with two attached hydrogens (primary N) is 1. The predicted molar refractivity (Wildman–Crippen MR) is 102 cm³/mol. The Morgan fingerprint density at radius 3 is 2.37 bits per heavy atom. The molecule has 0 amide bonds. The number of nitrogens with zero attached hydrogens (tertiary/aromatic N) is 1. The van der Waals surface area contributed by atoms with E-state index in [9.17, 15) is 14.4 Å². The Kier molecular flexibility index (Phi) is 7.31. The van der Waals surface area contributed by atoms with Gasteiger partial charge in [0.05, 0.1) is 18.8 Å². The monoisotopic (exact) mass is 456 g/mol. The second kappa shape index (κ2) is 9.47. The number of anilines is 1. The number of carbonyl (C=O) groups is 3. The molecular formula is C17H17BrN2O6S. The molecule has 0 aliphatic carbocycles. The lowest BCUT2D eigenvalue weighted by Gasteiger charge is -2.09. The number of nitrogen functional groups attached to an aromatic ring is 1. The van der Waals surface area contributed by atoms with Crippen molar-refractivity contribution < 1.29 is 28.6 Å². The van der Waals surface area contributed by atoms with Crippen molar-refractivity contribution in [1.82, 2.24) is 4.98 Å². The standard InChI is InChI=1S/C17H17BrN2O6S/c1-3-24-16(22)12-11(13(27-14(12)19)17(23)25-4-2)8-26-15(21)9-5-10(18)7-20-6-9/h5-7H,3-4,8,19H2,1-2H3. The first-order valence-corrected chi connectivity index (χ1v) is 9.53. The maximum Gasteiger partial charge on any atom is 0.348 e. The summed E-state index contributed by atoms with van der Waals surface area (Å²) in [6.07, 6.45) is 2.86. The zero-order valence-electron chi connectivity index (χ0n) is 14.6. The van der Waals surface area contributed by atoms with Crippen molar-refractivity contribution in [1.29, 1.82) is 0 Å². The largest absolute Gasteiger partial charge is 0.462 e. The first-order valence-electron chi connectivity index (χ1n) is 7.92. The molecule has 0 aliphatic rings. The van der Waals surface area contributed by atoms with Crippen molar-refractivity contribution >= 4 is 50.2 Å². The van der Waals surface area contributed by atoms with Gasteiger partial charge in [-0.2, -0.15) is 0 Å². The molecule has 0 aliphatic heterocycles. The molecule has 0 radical (unpaired) electrons. The molecule has 10 heteroatoms. The van der Waals surface area contributed by atoms with Crippen molar-refractivity contribution in [3.63, 3.8) is 0 Å². The number of rotatable bonds is 7. The molecule has 8 nitrogen and oxygen atoms in total. The van der Waals surface area contributed by atoms with Crippen LogP contribution >= 0.6 is 27.3 Å². The van der Waals surface area contributed by atoms with Crippen LogP contribution in [0.15, 0.2) is 22.9 Å². The van der Waals surface area contributed by atoms with Gasteiger partial charge in [-0.15, -0.1) is 11.3 Å². The zero-order valence-corrected chi connectivity index (χ0v) is 17.0. The predicted octanol–water partition coefficient (Wildman–Crippen LogP) is 3.20. The Bertz CT molecular complexity index is 867. The van der Waals surface area contributed by atoms with Crippen LogP contribution in [-0.4, -0.2) is 36.1 Å². The van der Waals surface area contributed by atoms with Crippen LogP contribution in [0.2, 0.25) is 0 Å². The van der Waals surface area contributed by atoms with Crippen LogP contribution in [0.4, 0.5) is 5.00 Å². The Morgan fingerprint density at radius 2 is 1.74 bits per heavy atom. The van der Waals surface area contributed by atoms with E-state index in [1.165, 1.54) is 18.5 Å². The molecule has 144 valence electrons. The van der Waals surface area contributed by atoms with Crippen molar-refractivity contribution in [2.45, 2.75) is 20.5 Å². The summed E-state index contributed by atoms with van der Waals surface area (Å²) >= 11 is 4.10. The lowest BCUT2D eigenvalue weighted by Crippen LogP contribution is -2.14. The summed E-state index contributed by atoms with van der Waals surface area (Å²) in [5.41, 5.74) is 6.27. The fourth-order valence-corrected chi connectivity index (χ4v) is 3.48. The molecule has 0 saturated carbocycles. The van der Waals surface area contributed by atoms with E-state index in [1.54, 1.807) is 13.8 Å². The fourth-order valence-electron chi connectivity index (χ4n) is 2.16. The van der Waals surface area contributed by atoms with Gasteiger partial charge in [-0.3, -0.25) is 4.98 Å². The van der Waals surface area contributed by atoms with Gasteiger partial charge in [-0.25, -0.2) is 14.4 Å². The van der Waals surface area contributed by atoms with Crippen LogP contribution in [0.1, 0.15) is 49.8 Å². The van der Waals surface area contributed by atoms with Gasteiger partial charge in [0.15, 0.2) is 0 Å². The highest BCUT2D eigenvalue weighted by atomic mass is 79.9. The Morgan fingerprint density at radius 1 is 1.07 bits per heavy atom. The second-order valence-electron chi connectivity index (χ2n) is 5.06. The first kappa shape index (κ1) is 20.8. The molecule has 2 N–H and O–H groups in total. The third-order valence-electron chi connectivity index (χ3n) is 3.26. The summed E-state index contributed by atoms with van der Waals surface area (Å²) in [5, 5.41) is 0.0895. The van der Waals surface area contributed by atoms with Gasteiger partial charge in [0, 0.05) is 22.4 Å². The van der Waals surface area contributed by atoms with Crippen LogP contribution in [0.5, 0.6) is 0 Å². The molecule has 27 heavy (non-hydrogen) atoms. The van der Waals surface area contributed by atoms with Crippen LogP contribution in [0.3, 0.4) is 0 Å². The average Bonchev–Trinajstić information content (AvgIpc) is 2.96. The number of pyridine rings is 1.